The molecule has 1 saturated heterocycles. The van der Waals surface area contributed by atoms with Gasteiger partial charge in [0.1, 0.15) is 5.75 Å². The van der Waals surface area contributed by atoms with Crippen LogP contribution in [-0.4, -0.2) is 59.5 Å². The molecule has 7 nitrogen and oxygen atoms in total. The van der Waals surface area contributed by atoms with Gasteiger partial charge in [0, 0.05) is 31.9 Å². The van der Waals surface area contributed by atoms with E-state index in [1.54, 1.807) is 15.9 Å². The third-order valence-electron chi connectivity index (χ3n) is 5.93. The van der Waals surface area contributed by atoms with Gasteiger partial charge in [0.2, 0.25) is 0 Å². The van der Waals surface area contributed by atoms with Gasteiger partial charge in [0.25, 0.3) is 5.91 Å². The van der Waals surface area contributed by atoms with Crippen LogP contribution in [-0.2, 0) is 19.4 Å². The van der Waals surface area contributed by atoms with Crippen molar-refractivity contribution in [3.63, 3.8) is 0 Å². The molecule has 31 heavy (non-hydrogen) atoms. The quantitative estimate of drug-likeness (QED) is 0.804. The zero-order valence-corrected chi connectivity index (χ0v) is 18.1. The molecule has 0 unspecified atom stereocenters. The van der Waals surface area contributed by atoms with E-state index in [4.69, 9.17) is 9.72 Å². The van der Waals surface area contributed by atoms with Gasteiger partial charge < -0.3 is 19.9 Å². The summed E-state index contributed by atoms with van der Waals surface area (Å²) in [7, 11) is 0. The molecule has 1 aromatic carbocycles. The van der Waals surface area contributed by atoms with E-state index in [1.165, 1.54) is 24.1 Å². The lowest BCUT2D eigenvalue weighted by molar-refractivity contribution is 0.0661. The number of hydrogen-bond acceptors (Lipinski definition) is 4. The van der Waals surface area contributed by atoms with Crippen molar-refractivity contribution >= 4 is 11.9 Å². The first-order chi connectivity index (χ1) is 15.2. The number of fused-ring (bicyclic) bond motifs is 1. The molecule has 1 aliphatic carbocycles. The number of aromatic nitrogens is 1. The number of amides is 3. The number of ether oxygens (including phenoxy) is 1. The molecular formula is C24H30N4O3. The molecule has 0 spiro atoms. The van der Waals surface area contributed by atoms with Crippen molar-refractivity contribution in [2.45, 2.75) is 39.2 Å². The Morgan fingerprint density at radius 2 is 1.74 bits per heavy atom. The molecule has 1 N–H and O–H groups in total. The number of nitrogens with one attached hydrogen (secondary N) is 1. The van der Waals surface area contributed by atoms with E-state index in [9.17, 15) is 9.59 Å². The Labute approximate surface area is 183 Å². The zero-order chi connectivity index (χ0) is 21.6. The first-order valence-corrected chi connectivity index (χ1v) is 11.2. The van der Waals surface area contributed by atoms with Crippen molar-refractivity contribution in [2.24, 2.45) is 0 Å². The molecule has 2 aromatic rings. The van der Waals surface area contributed by atoms with Crippen molar-refractivity contribution < 1.29 is 14.3 Å². The van der Waals surface area contributed by atoms with Crippen LogP contribution in [0.15, 0.2) is 36.4 Å². The maximum Gasteiger partial charge on any atom is 0.317 e. The summed E-state index contributed by atoms with van der Waals surface area (Å²) in [6, 6.07) is 11.4. The number of piperazine rings is 1. The highest BCUT2D eigenvalue weighted by Gasteiger charge is 2.26. The molecule has 0 saturated carbocycles. The molecule has 7 heteroatoms. The molecule has 2 aliphatic rings. The fourth-order valence-electron chi connectivity index (χ4n) is 4.21. The highest BCUT2D eigenvalue weighted by atomic mass is 16.5. The first kappa shape index (κ1) is 21.2. The van der Waals surface area contributed by atoms with Crippen LogP contribution in [0.25, 0.3) is 0 Å². The molecule has 4 rings (SSSR count). The predicted octanol–water partition coefficient (Wildman–Crippen LogP) is 3.03. The third kappa shape index (κ3) is 4.98. The average molecular weight is 423 g/mol. The second kappa shape index (κ2) is 9.81. The number of pyridine rings is 1. The second-order valence-electron chi connectivity index (χ2n) is 7.98. The van der Waals surface area contributed by atoms with E-state index in [-0.39, 0.29) is 11.9 Å². The number of carbonyl (C=O) groups excluding carboxylic acids is 2. The van der Waals surface area contributed by atoms with E-state index in [0.717, 1.165) is 18.5 Å². The van der Waals surface area contributed by atoms with Gasteiger partial charge in [-0.1, -0.05) is 18.2 Å². The molecule has 0 radical (unpaired) electrons. The normalized spacial score (nSPS) is 15.9. The van der Waals surface area contributed by atoms with Crippen LogP contribution < -0.4 is 10.1 Å². The first-order valence-electron chi connectivity index (χ1n) is 11.2. The Kier molecular flexibility index (Phi) is 6.70. The Balaban J connectivity index is 1.28. The summed E-state index contributed by atoms with van der Waals surface area (Å²) < 4.78 is 5.59. The second-order valence-corrected chi connectivity index (χ2v) is 7.98. The highest BCUT2D eigenvalue weighted by molar-refractivity contribution is 5.97. The Hall–Kier alpha value is -3.09. The minimum Gasteiger partial charge on any atom is -0.493 e. The van der Waals surface area contributed by atoms with Crippen LogP contribution in [0.1, 0.15) is 47.1 Å². The number of nitrogens with zero attached hydrogens (tertiary/aromatic N) is 3. The van der Waals surface area contributed by atoms with Gasteiger partial charge in [-0.3, -0.25) is 9.78 Å². The fourth-order valence-corrected chi connectivity index (χ4v) is 4.21. The molecule has 2 heterocycles. The average Bonchev–Trinajstić information content (AvgIpc) is 2.82. The topological polar surface area (TPSA) is 74.8 Å². The minimum atomic E-state index is -0.110. The van der Waals surface area contributed by atoms with Gasteiger partial charge in [-0.2, -0.15) is 0 Å². The highest BCUT2D eigenvalue weighted by Crippen LogP contribution is 2.21. The molecule has 0 bridgehead atoms. The smallest absolute Gasteiger partial charge is 0.317 e. The predicted molar refractivity (Wildman–Crippen MR) is 118 cm³/mol. The SMILES string of the molecule is CCOc1ccccc1C(=O)N1CCN(C(=O)NCc2ccc3c(n2)CCCC3)CC1. The van der Waals surface area contributed by atoms with Crippen LogP contribution in [0.3, 0.4) is 0 Å². The number of para-hydroxylation sites is 1. The largest absolute Gasteiger partial charge is 0.493 e. The Bertz CT molecular complexity index is 938. The number of rotatable bonds is 5. The lowest BCUT2D eigenvalue weighted by Crippen LogP contribution is -2.53. The lowest BCUT2D eigenvalue weighted by atomic mass is 9.96. The van der Waals surface area contributed by atoms with Crippen molar-refractivity contribution in [2.75, 3.05) is 32.8 Å². The summed E-state index contributed by atoms with van der Waals surface area (Å²) in [5, 5.41) is 2.98. The zero-order valence-electron chi connectivity index (χ0n) is 18.1. The van der Waals surface area contributed by atoms with Crippen LogP contribution >= 0.6 is 0 Å². The van der Waals surface area contributed by atoms with E-state index >= 15 is 0 Å². The third-order valence-corrected chi connectivity index (χ3v) is 5.93. The molecule has 0 atom stereocenters. The van der Waals surface area contributed by atoms with Gasteiger partial charge in [0.15, 0.2) is 0 Å². The molecule has 3 amide bonds. The summed E-state index contributed by atoms with van der Waals surface area (Å²) in [5.74, 6) is 0.551. The van der Waals surface area contributed by atoms with E-state index < -0.39 is 0 Å². The Morgan fingerprint density at radius 3 is 2.55 bits per heavy atom. The van der Waals surface area contributed by atoms with Crippen molar-refractivity contribution in [3.8, 4) is 5.75 Å². The van der Waals surface area contributed by atoms with E-state index in [1.807, 2.05) is 31.2 Å². The van der Waals surface area contributed by atoms with Crippen LogP contribution in [0.5, 0.6) is 5.75 Å². The molecule has 1 aromatic heterocycles. The van der Waals surface area contributed by atoms with Crippen molar-refractivity contribution in [3.05, 3.63) is 58.9 Å². The van der Waals surface area contributed by atoms with Gasteiger partial charge in [-0.05, 0) is 56.4 Å². The Morgan fingerprint density at radius 1 is 1.00 bits per heavy atom. The molecule has 1 aliphatic heterocycles. The number of aryl methyl sites for hydroxylation is 2. The fraction of sp³-hybridized carbons (Fsp3) is 0.458. The summed E-state index contributed by atoms with van der Waals surface area (Å²) >= 11 is 0. The standard InChI is InChI=1S/C24H30N4O3/c1-2-31-22-10-6-4-8-20(22)23(29)27-13-15-28(16-14-27)24(30)25-17-19-12-11-18-7-3-5-9-21(18)26-19/h4,6,8,10-12H,2-3,5,7,9,13-17H2,1H3,(H,25,30). The summed E-state index contributed by atoms with van der Waals surface area (Å²) in [6.45, 7) is 4.86. The lowest BCUT2D eigenvalue weighted by Gasteiger charge is -2.35. The summed E-state index contributed by atoms with van der Waals surface area (Å²) in [6.07, 6.45) is 4.55. The number of urea groups is 1. The van der Waals surface area contributed by atoms with Gasteiger partial charge in [-0.15, -0.1) is 0 Å². The molecule has 164 valence electrons. The monoisotopic (exact) mass is 422 g/mol. The summed E-state index contributed by atoms with van der Waals surface area (Å²) in [5.41, 5.74) is 3.99. The van der Waals surface area contributed by atoms with E-state index in [0.29, 0.717) is 50.6 Å². The minimum absolute atomic E-state index is 0.0534. The van der Waals surface area contributed by atoms with Crippen LogP contribution in [0, 0.1) is 0 Å². The van der Waals surface area contributed by atoms with Gasteiger partial charge in [-0.25, -0.2) is 4.79 Å². The van der Waals surface area contributed by atoms with Gasteiger partial charge in [0.05, 0.1) is 24.4 Å². The molecular weight excluding hydrogens is 392 g/mol. The van der Waals surface area contributed by atoms with Crippen molar-refractivity contribution in [1.82, 2.24) is 20.1 Å². The summed E-state index contributed by atoms with van der Waals surface area (Å²) in [4.78, 5) is 33.8. The maximum atomic E-state index is 12.9. The van der Waals surface area contributed by atoms with Crippen LogP contribution in [0.2, 0.25) is 0 Å². The van der Waals surface area contributed by atoms with Crippen LogP contribution in [0.4, 0.5) is 4.79 Å². The maximum absolute atomic E-state index is 12.9. The molecule has 1 fully saturated rings. The number of hydrogen-bond donors (Lipinski definition) is 1. The van der Waals surface area contributed by atoms with Gasteiger partial charge >= 0.3 is 6.03 Å². The van der Waals surface area contributed by atoms with Crippen molar-refractivity contribution in [1.29, 1.82) is 0 Å². The number of benzene rings is 1. The van der Waals surface area contributed by atoms with E-state index in [2.05, 4.69) is 11.4 Å². The number of carbonyl (C=O) groups is 2.